The molecule has 5 heteroatoms. The predicted molar refractivity (Wildman–Crippen MR) is 84.5 cm³/mol. The number of anilines is 1. The Morgan fingerprint density at radius 1 is 1.20 bits per heavy atom. The molecular weight excluding hydrogens is 341 g/mol. The van der Waals surface area contributed by atoms with Crippen molar-refractivity contribution in [2.45, 2.75) is 11.3 Å². The fourth-order valence-corrected chi connectivity index (χ4v) is 2.70. The monoisotopic (exact) mass is 353 g/mol. The van der Waals surface area contributed by atoms with Crippen LogP contribution in [0.3, 0.4) is 0 Å². The first kappa shape index (κ1) is 15.1. The molecule has 104 valence electrons. The molecule has 0 heterocycles. The molecule has 0 radical (unpaired) electrons. The van der Waals surface area contributed by atoms with Crippen LogP contribution in [0.15, 0.2) is 57.9 Å². The van der Waals surface area contributed by atoms with Crippen molar-refractivity contribution in [1.29, 1.82) is 0 Å². The molecule has 0 saturated heterocycles. The summed E-state index contributed by atoms with van der Waals surface area (Å²) < 4.78 is 14.0. The van der Waals surface area contributed by atoms with E-state index in [0.717, 1.165) is 9.37 Å². The van der Waals surface area contributed by atoms with Crippen LogP contribution in [0.2, 0.25) is 0 Å². The molecule has 0 aliphatic heterocycles. The lowest BCUT2D eigenvalue weighted by molar-refractivity contribution is -0.115. The Morgan fingerprint density at radius 2 is 1.95 bits per heavy atom. The molecule has 0 aliphatic rings. The number of hydrogen-bond acceptors (Lipinski definition) is 2. The molecule has 0 saturated carbocycles. The van der Waals surface area contributed by atoms with Gasteiger partial charge < -0.3 is 5.32 Å². The topological polar surface area (TPSA) is 29.1 Å². The van der Waals surface area contributed by atoms with E-state index in [2.05, 4.69) is 21.2 Å². The molecule has 0 bridgehead atoms. The van der Waals surface area contributed by atoms with Crippen LogP contribution < -0.4 is 5.32 Å². The van der Waals surface area contributed by atoms with Crippen molar-refractivity contribution in [2.24, 2.45) is 0 Å². The van der Waals surface area contributed by atoms with Gasteiger partial charge in [-0.25, -0.2) is 4.39 Å². The third kappa shape index (κ3) is 4.98. The summed E-state index contributed by atoms with van der Waals surface area (Å²) in [5.74, 6) is 0.218. The Labute approximate surface area is 129 Å². The minimum absolute atomic E-state index is 0.111. The zero-order chi connectivity index (χ0) is 14.4. The molecule has 2 rings (SSSR count). The zero-order valence-corrected chi connectivity index (χ0v) is 13.0. The molecule has 2 aromatic carbocycles. The van der Waals surface area contributed by atoms with Crippen molar-refractivity contribution in [3.05, 3.63) is 58.8 Å². The normalized spacial score (nSPS) is 10.3. The molecule has 1 N–H and O–H groups in total. The Balaban J connectivity index is 1.76. The van der Waals surface area contributed by atoms with E-state index in [-0.39, 0.29) is 11.7 Å². The van der Waals surface area contributed by atoms with Crippen LogP contribution in [-0.2, 0) is 4.79 Å². The summed E-state index contributed by atoms with van der Waals surface area (Å²) in [6, 6.07) is 13.8. The number of benzene rings is 2. The standard InChI is InChI=1S/C15H13BrFNOS/c16-11-4-6-14(7-5-11)20-9-8-15(19)18-13-3-1-2-12(17)10-13/h1-7,10H,8-9H2,(H,18,19). The number of carbonyl (C=O) groups is 1. The highest BCUT2D eigenvalue weighted by Crippen LogP contribution is 2.21. The van der Waals surface area contributed by atoms with E-state index in [1.807, 2.05) is 24.3 Å². The minimum atomic E-state index is -0.355. The van der Waals surface area contributed by atoms with Crippen molar-refractivity contribution in [1.82, 2.24) is 0 Å². The van der Waals surface area contributed by atoms with Gasteiger partial charge in [-0.1, -0.05) is 22.0 Å². The van der Waals surface area contributed by atoms with Crippen LogP contribution in [0.25, 0.3) is 0 Å². The Hall–Kier alpha value is -1.33. The predicted octanol–water partition coefficient (Wildman–Crippen LogP) is 4.71. The molecule has 2 aromatic rings. The van der Waals surface area contributed by atoms with Crippen molar-refractivity contribution < 1.29 is 9.18 Å². The lowest BCUT2D eigenvalue weighted by Crippen LogP contribution is -2.12. The quantitative estimate of drug-likeness (QED) is 0.788. The third-order valence-electron chi connectivity index (χ3n) is 2.52. The molecule has 20 heavy (non-hydrogen) atoms. The lowest BCUT2D eigenvalue weighted by Gasteiger charge is -2.05. The molecule has 0 unspecified atom stereocenters. The van der Waals surface area contributed by atoms with Gasteiger partial charge in [0.1, 0.15) is 5.82 Å². The van der Waals surface area contributed by atoms with Crippen molar-refractivity contribution in [3.8, 4) is 0 Å². The molecule has 0 aliphatic carbocycles. The van der Waals surface area contributed by atoms with Crippen LogP contribution in [0.5, 0.6) is 0 Å². The molecule has 0 fully saturated rings. The Morgan fingerprint density at radius 3 is 2.65 bits per heavy atom. The average Bonchev–Trinajstić information content (AvgIpc) is 2.41. The van der Waals surface area contributed by atoms with E-state index >= 15 is 0 Å². The number of rotatable bonds is 5. The molecule has 0 aromatic heterocycles. The summed E-state index contributed by atoms with van der Waals surface area (Å²) in [4.78, 5) is 12.8. The number of hydrogen-bond donors (Lipinski definition) is 1. The van der Waals surface area contributed by atoms with Gasteiger partial charge in [0.25, 0.3) is 0 Å². The highest BCUT2D eigenvalue weighted by molar-refractivity contribution is 9.10. The number of amides is 1. The number of nitrogens with one attached hydrogen (secondary N) is 1. The van der Waals surface area contributed by atoms with Gasteiger partial charge in [-0.2, -0.15) is 0 Å². The average molecular weight is 354 g/mol. The first-order chi connectivity index (χ1) is 9.63. The first-order valence-corrected chi connectivity index (χ1v) is 7.85. The first-order valence-electron chi connectivity index (χ1n) is 6.07. The summed E-state index contributed by atoms with van der Waals surface area (Å²) in [7, 11) is 0. The summed E-state index contributed by atoms with van der Waals surface area (Å²) >= 11 is 4.99. The highest BCUT2D eigenvalue weighted by atomic mass is 79.9. The maximum atomic E-state index is 13.0. The van der Waals surface area contributed by atoms with Crippen LogP contribution in [0.4, 0.5) is 10.1 Å². The van der Waals surface area contributed by atoms with Gasteiger partial charge in [0.2, 0.25) is 5.91 Å². The fraction of sp³-hybridized carbons (Fsp3) is 0.133. The van der Waals surface area contributed by atoms with Gasteiger partial charge in [-0.15, -0.1) is 11.8 Å². The molecule has 0 atom stereocenters. The molecule has 1 amide bonds. The van der Waals surface area contributed by atoms with E-state index in [0.29, 0.717) is 17.9 Å². The van der Waals surface area contributed by atoms with Gasteiger partial charge in [0, 0.05) is 27.2 Å². The highest BCUT2D eigenvalue weighted by Gasteiger charge is 2.03. The van der Waals surface area contributed by atoms with Crippen LogP contribution in [0, 0.1) is 5.82 Å². The Bertz CT molecular complexity index is 589. The number of carbonyl (C=O) groups excluding carboxylic acids is 1. The second-order valence-corrected chi connectivity index (χ2v) is 6.19. The van der Waals surface area contributed by atoms with E-state index in [9.17, 15) is 9.18 Å². The van der Waals surface area contributed by atoms with Gasteiger partial charge >= 0.3 is 0 Å². The van der Waals surface area contributed by atoms with E-state index in [1.165, 1.54) is 12.1 Å². The summed E-state index contributed by atoms with van der Waals surface area (Å²) in [6.45, 7) is 0. The summed E-state index contributed by atoms with van der Waals surface area (Å²) in [5.41, 5.74) is 0.489. The minimum Gasteiger partial charge on any atom is -0.326 e. The maximum Gasteiger partial charge on any atom is 0.225 e. The maximum absolute atomic E-state index is 13.0. The largest absolute Gasteiger partial charge is 0.326 e. The van der Waals surface area contributed by atoms with E-state index < -0.39 is 0 Å². The lowest BCUT2D eigenvalue weighted by atomic mass is 10.3. The third-order valence-corrected chi connectivity index (χ3v) is 4.06. The van der Waals surface area contributed by atoms with Crippen LogP contribution in [0.1, 0.15) is 6.42 Å². The van der Waals surface area contributed by atoms with Crippen molar-refractivity contribution in [2.75, 3.05) is 11.1 Å². The fourth-order valence-electron chi connectivity index (χ4n) is 1.58. The zero-order valence-electron chi connectivity index (χ0n) is 10.6. The smallest absolute Gasteiger partial charge is 0.225 e. The molecule has 2 nitrogen and oxygen atoms in total. The van der Waals surface area contributed by atoms with Gasteiger partial charge in [-0.05, 0) is 42.5 Å². The van der Waals surface area contributed by atoms with E-state index in [1.54, 1.807) is 23.9 Å². The van der Waals surface area contributed by atoms with Gasteiger partial charge in [0.15, 0.2) is 0 Å². The molecular formula is C15H13BrFNOS. The SMILES string of the molecule is O=C(CCSc1ccc(Br)cc1)Nc1cccc(F)c1. The van der Waals surface area contributed by atoms with Crippen LogP contribution >= 0.6 is 27.7 Å². The summed E-state index contributed by atoms with van der Waals surface area (Å²) in [5, 5.41) is 2.68. The van der Waals surface area contributed by atoms with Crippen molar-refractivity contribution in [3.63, 3.8) is 0 Å². The van der Waals surface area contributed by atoms with Gasteiger partial charge in [-0.3, -0.25) is 4.79 Å². The van der Waals surface area contributed by atoms with E-state index in [4.69, 9.17) is 0 Å². The van der Waals surface area contributed by atoms with Crippen LogP contribution in [-0.4, -0.2) is 11.7 Å². The Kier molecular flexibility index (Phi) is 5.61. The number of thioether (sulfide) groups is 1. The van der Waals surface area contributed by atoms with Gasteiger partial charge in [0.05, 0.1) is 0 Å². The molecule has 0 spiro atoms. The second-order valence-electron chi connectivity index (χ2n) is 4.11. The summed E-state index contributed by atoms with van der Waals surface area (Å²) in [6.07, 6.45) is 0.386. The number of halogens is 2. The second kappa shape index (κ2) is 7.45. The van der Waals surface area contributed by atoms with Crippen molar-refractivity contribution >= 4 is 39.3 Å².